The summed E-state index contributed by atoms with van der Waals surface area (Å²) in [7, 11) is 0. The van der Waals surface area contributed by atoms with Crippen molar-refractivity contribution in [3.63, 3.8) is 0 Å². The summed E-state index contributed by atoms with van der Waals surface area (Å²) < 4.78 is 40.1. The van der Waals surface area contributed by atoms with E-state index in [1.807, 2.05) is 0 Å². The maximum Gasteiger partial charge on any atom is 0.194 e. The van der Waals surface area contributed by atoms with Crippen LogP contribution in [0.5, 0.6) is 0 Å². The zero-order chi connectivity index (χ0) is 12.7. The van der Waals surface area contributed by atoms with Crippen molar-refractivity contribution in [2.45, 2.75) is 13.8 Å². The quantitative estimate of drug-likeness (QED) is 0.779. The van der Waals surface area contributed by atoms with Crippen molar-refractivity contribution in [1.29, 1.82) is 0 Å². The Labute approximate surface area is 95.7 Å². The molecule has 0 saturated heterocycles. The van der Waals surface area contributed by atoms with Gasteiger partial charge in [-0.15, -0.1) is 0 Å². The van der Waals surface area contributed by atoms with Gasteiger partial charge in [-0.2, -0.15) is 5.10 Å². The minimum atomic E-state index is -1.51. The monoisotopic (exact) mass is 241 g/mol. The first-order chi connectivity index (χ1) is 7.91. The highest BCUT2D eigenvalue weighted by molar-refractivity contribution is 5.49. The highest BCUT2D eigenvalue weighted by Crippen LogP contribution is 2.22. The molecule has 1 heterocycles. The normalized spacial score (nSPS) is 10.9. The van der Waals surface area contributed by atoms with Gasteiger partial charge in [-0.25, -0.2) is 17.9 Å². The Kier molecular flexibility index (Phi) is 2.57. The van der Waals surface area contributed by atoms with E-state index in [1.165, 1.54) is 4.68 Å². The summed E-state index contributed by atoms with van der Waals surface area (Å²) in [5.74, 6) is -3.78. The van der Waals surface area contributed by atoms with Gasteiger partial charge in [0, 0.05) is 17.7 Å². The topological polar surface area (TPSA) is 43.8 Å². The molecule has 2 aromatic rings. The molecule has 1 aromatic heterocycles. The third-order valence-corrected chi connectivity index (χ3v) is 2.62. The van der Waals surface area contributed by atoms with Crippen LogP contribution in [0.2, 0.25) is 0 Å². The van der Waals surface area contributed by atoms with Gasteiger partial charge in [-0.1, -0.05) is 0 Å². The van der Waals surface area contributed by atoms with Gasteiger partial charge in [0.25, 0.3) is 0 Å². The van der Waals surface area contributed by atoms with Crippen LogP contribution in [0.4, 0.5) is 19.0 Å². The van der Waals surface area contributed by atoms with E-state index in [0.717, 1.165) is 17.7 Å². The Balaban J connectivity index is 2.65. The first-order valence-corrected chi connectivity index (χ1v) is 4.88. The molecule has 90 valence electrons. The molecule has 0 fully saturated rings. The van der Waals surface area contributed by atoms with Crippen LogP contribution in [0.3, 0.4) is 0 Å². The van der Waals surface area contributed by atoms with Crippen molar-refractivity contribution in [1.82, 2.24) is 9.78 Å². The second kappa shape index (κ2) is 3.80. The fourth-order valence-electron chi connectivity index (χ4n) is 1.48. The largest absolute Gasteiger partial charge is 0.383 e. The molecule has 0 radical (unpaired) electrons. The number of nitrogens with two attached hydrogens (primary N) is 1. The lowest BCUT2D eigenvalue weighted by atomic mass is 10.2. The predicted octanol–water partition coefficient (Wildman–Crippen LogP) is 2.49. The first-order valence-electron chi connectivity index (χ1n) is 4.88. The molecule has 0 unspecified atom stereocenters. The van der Waals surface area contributed by atoms with E-state index in [1.54, 1.807) is 13.8 Å². The number of aryl methyl sites for hydroxylation is 1. The summed E-state index contributed by atoms with van der Waals surface area (Å²) in [4.78, 5) is 0. The van der Waals surface area contributed by atoms with Crippen molar-refractivity contribution in [2.24, 2.45) is 0 Å². The van der Waals surface area contributed by atoms with E-state index in [9.17, 15) is 13.2 Å². The van der Waals surface area contributed by atoms with Gasteiger partial charge < -0.3 is 5.73 Å². The molecule has 0 bridgehead atoms. The average Bonchev–Trinajstić information content (AvgIpc) is 2.53. The molecule has 1 aromatic carbocycles. The predicted molar refractivity (Wildman–Crippen MR) is 57.3 cm³/mol. The lowest BCUT2D eigenvalue weighted by molar-refractivity contribution is 0.446. The van der Waals surface area contributed by atoms with Crippen LogP contribution in [-0.4, -0.2) is 9.78 Å². The molecule has 17 heavy (non-hydrogen) atoms. The van der Waals surface area contributed by atoms with Crippen molar-refractivity contribution in [3.8, 4) is 5.69 Å². The highest BCUT2D eigenvalue weighted by Gasteiger charge is 2.15. The van der Waals surface area contributed by atoms with Gasteiger partial charge in [0.1, 0.15) is 5.82 Å². The minimum absolute atomic E-state index is 0.0510. The average molecular weight is 241 g/mol. The molecule has 0 aliphatic heterocycles. The molecule has 2 N–H and O–H groups in total. The molecular formula is C11H10F3N3. The van der Waals surface area contributed by atoms with Crippen molar-refractivity contribution in [2.75, 3.05) is 5.73 Å². The van der Waals surface area contributed by atoms with Crippen LogP contribution in [0, 0.1) is 31.3 Å². The van der Waals surface area contributed by atoms with Crippen molar-refractivity contribution < 1.29 is 13.2 Å². The van der Waals surface area contributed by atoms with Gasteiger partial charge in [-0.3, -0.25) is 0 Å². The second-order valence-corrected chi connectivity index (χ2v) is 3.73. The molecule has 2 rings (SSSR count). The van der Waals surface area contributed by atoms with E-state index in [4.69, 9.17) is 5.73 Å². The summed E-state index contributed by atoms with van der Waals surface area (Å²) in [6, 6.07) is 1.70. The van der Waals surface area contributed by atoms with Gasteiger partial charge in [0.15, 0.2) is 17.5 Å². The third-order valence-electron chi connectivity index (χ3n) is 2.62. The van der Waals surface area contributed by atoms with E-state index in [-0.39, 0.29) is 11.5 Å². The summed E-state index contributed by atoms with van der Waals surface area (Å²) >= 11 is 0. The number of hydrogen-bond acceptors (Lipinski definition) is 2. The van der Waals surface area contributed by atoms with Crippen LogP contribution in [0.1, 0.15) is 11.3 Å². The molecule has 0 aliphatic carbocycles. The summed E-state index contributed by atoms with van der Waals surface area (Å²) in [6.07, 6.45) is 0. The molecule has 0 amide bonds. The van der Waals surface area contributed by atoms with Gasteiger partial charge in [0.2, 0.25) is 0 Å². The third kappa shape index (κ3) is 1.75. The first kappa shape index (κ1) is 11.5. The lowest BCUT2D eigenvalue weighted by Crippen LogP contribution is -2.04. The number of rotatable bonds is 1. The van der Waals surface area contributed by atoms with E-state index in [0.29, 0.717) is 5.69 Å². The standard InChI is InChI=1S/C11H10F3N3/c1-5-6(2)16-17(11(5)15)7-3-8(12)10(14)9(13)4-7/h3-4H,15H2,1-2H3. The number of benzene rings is 1. The summed E-state index contributed by atoms with van der Waals surface area (Å²) in [6.45, 7) is 3.46. The number of nitrogens with zero attached hydrogens (tertiary/aromatic N) is 2. The minimum Gasteiger partial charge on any atom is -0.383 e. The molecule has 0 atom stereocenters. The Morgan fingerprint density at radius 2 is 1.65 bits per heavy atom. The van der Waals surface area contributed by atoms with Crippen LogP contribution in [-0.2, 0) is 0 Å². The number of hydrogen-bond donors (Lipinski definition) is 1. The summed E-state index contributed by atoms with van der Waals surface area (Å²) in [5, 5.41) is 4.03. The highest BCUT2D eigenvalue weighted by atomic mass is 19.2. The fraction of sp³-hybridized carbons (Fsp3) is 0.182. The Bertz CT molecular complexity index is 567. The molecular weight excluding hydrogens is 231 g/mol. The maximum absolute atomic E-state index is 13.1. The number of nitrogen functional groups attached to an aromatic ring is 1. The van der Waals surface area contributed by atoms with E-state index < -0.39 is 17.5 Å². The van der Waals surface area contributed by atoms with Crippen LogP contribution < -0.4 is 5.73 Å². The second-order valence-electron chi connectivity index (χ2n) is 3.73. The molecule has 0 saturated carbocycles. The zero-order valence-electron chi connectivity index (χ0n) is 9.26. The lowest BCUT2D eigenvalue weighted by Gasteiger charge is -2.05. The number of aromatic nitrogens is 2. The SMILES string of the molecule is Cc1nn(-c2cc(F)c(F)c(F)c2)c(N)c1C. The van der Waals surface area contributed by atoms with E-state index >= 15 is 0 Å². The van der Waals surface area contributed by atoms with Gasteiger partial charge in [0.05, 0.1) is 11.4 Å². The van der Waals surface area contributed by atoms with E-state index in [2.05, 4.69) is 5.10 Å². The molecule has 6 heteroatoms. The molecule has 3 nitrogen and oxygen atoms in total. The fourth-order valence-corrected chi connectivity index (χ4v) is 1.48. The van der Waals surface area contributed by atoms with Crippen LogP contribution in [0.25, 0.3) is 5.69 Å². The number of anilines is 1. The van der Waals surface area contributed by atoms with Gasteiger partial charge in [-0.05, 0) is 13.8 Å². The number of halogens is 3. The smallest absolute Gasteiger partial charge is 0.194 e. The Morgan fingerprint density at radius 1 is 1.12 bits per heavy atom. The van der Waals surface area contributed by atoms with Crippen LogP contribution in [0.15, 0.2) is 12.1 Å². The Morgan fingerprint density at radius 3 is 2.06 bits per heavy atom. The Hall–Kier alpha value is -1.98. The zero-order valence-corrected chi connectivity index (χ0v) is 9.26. The van der Waals surface area contributed by atoms with Crippen molar-refractivity contribution in [3.05, 3.63) is 40.8 Å². The van der Waals surface area contributed by atoms with Crippen LogP contribution >= 0.6 is 0 Å². The maximum atomic E-state index is 13.1. The molecule has 0 aliphatic rings. The molecule has 0 spiro atoms. The van der Waals surface area contributed by atoms with Crippen molar-refractivity contribution >= 4 is 5.82 Å². The summed E-state index contributed by atoms with van der Waals surface area (Å²) in [5.41, 5.74) is 7.15. The van der Waals surface area contributed by atoms with Gasteiger partial charge >= 0.3 is 0 Å².